The first-order valence-electron chi connectivity index (χ1n) is 11.1. The Morgan fingerprint density at radius 2 is 1.86 bits per heavy atom. The fourth-order valence-electron chi connectivity index (χ4n) is 3.96. The standard InChI is InChI=1S/C24H29BrF2N2O5S/c1-24(2,3)34-23(31)29-20(10-14-8-16(26)12-17(27)9-14)21(30)13-28-19-6-7-35(32,33)22-5-4-15(25)11-18(19)22/h4-5,8-9,11-12,19-21,28,30H,6-7,10,13H2,1-3H3,(H,29,31)/t19?,20-,21-/m0/s1. The first-order valence-corrected chi connectivity index (χ1v) is 13.6. The van der Waals surface area contributed by atoms with Crippen molar-refractivity contribution in [3.63, 3.8) is 0 Å². The largest absolute Gasteiger partial charge is 0.444 e. The van der Waals surface area contributed by atoms with Gasteiger partial charge in [0.1, 0.15) is 17.2 Å². The number of aliphatic hydroxyl groups excluding tert-OH is 1. The predicted molar refractivity (Wildman–Crippen MR) is 131 cm³/mol. The Bertz CT molecular complexity index is 1170. The van der Waals surface area contributed by atoms with Gasteiger partial charge >= 0.3 is 6.09 Å². The Balaban J connectivity index is 1.77. The van der Waals surface area contributed by atoms with Gasteiger partial charge in [-0.05, 0) is 75.1 Å². The Kier molecular flexibility index (Phi) is 8.56. The Hall–Kier alpha value is -2.08. The molecule has 3 N–H and O–H groups in total. The number of hydrogen-bond donors (Lipinski definition) is 3. The van der Waals surface area contributed by atoms with E-state index in [0.29, 0.717) is 12.0 Å². The van der Waals surface area contributed by atoms with Crippen molar-refractivity contribution in [2.45, 2.75) is 62.3 Å². The van der Waals surface area contributed by atoms with E-state index < -0.39 is 45.3 Å². The Morgan fingerprint density at radius 3 is 2.49 bits per heavy atom. The van der Waals surface area contributed by atoms with Gasteiger partial charge < -0.3 is 20.5 Å². The van der Waals surface area contributed by atoms with Crippen molar-refractivity contribution in [2.24, 2.45) is 0 Å². The number of halogens is 3. The lowest BCUT2D eigenvalue weighted by atomic mass is 9.99. The van der Waals surface area contributed by atoms with Gasteiger partial charge in [-0.25, -0.2) is 22.0 Å². The van der Waals surface area contributed by atoms with Crippen molar-refractivity contribution >= 4 is 31.9 Å². The Morgan fingerprint density at radius 1 is 1.20 bits per heavy atom. The molecular formula is C24H29BrF2N2O5S. The van der Waals surface area contributed by atoms with Gasteiger partial charge in [0, 0.05) is 23.1 Å². The van der Waals surface area contributed by atoms with E-state index in [-0.39, 0.29) is 35.2 Å². The molecule has 0 bridgehead atoms. The topological polar surface area (TPSA) is 105 Å². The molecule has 192 valence electrons. The molecule has 2 aromatic rings. The number of sulfone groups is 1. The molecule has 7 nitrogen and oxygen atoms in total. The van der Waals surface area contributed by atoms with Gasteiger partial charge in [0.05, 0.1) is 22.8 Å². The number of alkyl carbamates (subject to hydrolysis) is 1. The van der Waals surface area contributed by atoms with E-state index in [1.807, 2.05) is 0 Å². The molecule has 0 saturated heterocycles. The molecule has 0 radical (unpaired) electrons. The molecule has 1 aliphatic heterocycles. The summed E-state index contributed by atoms with van der Waals surface area (Å²) in [4.78, 5) is 12.6. The van der Waals surface area contributed by atoms with Crippen molar-refractivity contribution in [3.05, 3.63) is 63.6 Å². The lowest BCUT2D eigenvalue weighted by Gasteiger charge is -2.30. The van der Waals surface area contributed by atoms with Gasteiger partial charge in [0.15, 0.2) is 9.84 Å². The summed E-state index contributed by atoms with van der Waals surface area (Å²) in [5.41, 5.74) is 0.0512. The molecule has 3 atom stereocenters. The van der Waals surface area contributed by atoms with Crippen LogP contribution < -0.4 is 10.6 Å². The highest BCUT2D eigenvalue weighted by Crippen LogP contribution is 2.34. The molecule has 11 heteroatoms. The maximum Gasteiger partial charge on any atom is 0.407 e. The third-order valence-electron chi connectivity index (χ3n) is 5.48. The molecule has 2 aromatic carbocycles. The van der Waals surface area contributed by atoms with Crippen molar-refractivity contribution in [1.29, 1.82) is 0 Å². The zero-order valence-corrected chi connectivity index (χ0v) is 22.0. The van der Waals surface area contributed by atoms with E-state index in [1.54, 1.807) is 39.0 Å². The maximum absolute atomic E-state index is 13.7. The van der Waals surface area contributed by atoms with E-state index in [2.05, 4.69) is 26.6 Å². The van der Waals surface area contributed by atoms with Crippen molar-refractivity contribution in [2.75, 3.05) is 12.3 Å². The van der Waals surface area contributed by atoms with Crippen LogP contribution in [0.1, 0.15) is 44.4 Å². The minimum atomic E-state index is -3.40. The summed E-state index contributed by atoms with van der Waals surface area (Å²) in [5, 5.41) is 16.7. The van der Waals surface area contributed by atoms with E-state index in [1.165, 1.54) is 0 Å². The number of rotatable bonds is 7. The maximum atomic E-state index is 13.7. The minimum Gasteiger partial charge on any atom is -0.444 e. The molecule has 0 spiro atoms. The second-order valence-corrected chi connectivity index (χ2v) is 12.5. The van der Waals surface area contributed by atoms with Crippen molar-refractivity contribution in [1.82, 2.24) is 10.6 Å². The summed E-state index contributed by atoms with van der Waals surface area (Å²) in [6.07, 6.45) is -1.71. The van der Waals surface area contributed by atoms with Crippen LogP contribution in [-0.2, 0) is 21.0 Å². The number of carbonyl (C=O) groups excluding carboxylic acids is 1. The average Bonchev–Trinajstić information content (AvgIpc) is 2.70. The lowest BCUT2D eigenvalue weighted by molar-refractivity contribution is 0.0419. The first kappa shape index (κ1) is 27.5. The van der Waals surface area contributed by atoms with Gasteiger partial charge in [-0.3, -0.25) is 0 Å². The van der Waals surface area contributed by atoms with Gasteiger partial charge in [0.2, 0.25) is 0 Å². The first-order chi connectivity index (χ1) is 16.2. The zero-order chi connectivity index (χ0) is 26.0. The number of ether oxygens (including phenoxy) is 1. The van der Waals surface area contributed by atoms with Gasteiger partial charge in [-0.2, -0.15) is 0 Å². The smallest absolute Gasteiger partial charge is 0.407 e. The number of amides is 1. The highest BCUT2D eigenvalue weighted by atomic mass is 79.9. The molecule has 1 unspecified atom stereocenters. The second-order valence-electron chi connectivity index (χ2n) is 9.55. The van der Waals surface area contributed by atoms with Crippen LogP contribution in [0.5, 0.6) is 0 Å². The van der Waals surface area contributed by atoms with Crippen LogP contribution in [-0.4, -0.2) is 49.7 Å². The van der Waals surface area contributed by atoms with Crippen LogP contribution in [0.2, 0.25) is 0 Å². The van der Waals surface area contributed by atoms with E-state index >= 15 is 0 Å². The monoisotopic (exact) mass is 574 g/mol. The van der Waals surface area contributed by atoms with Crippen LogP contribution in [0.4, 0.5) is 13.6 Å². The predicted octanol–water partition coefficient (Wildman–Crippen LogP) is 4.03. The molecular weight excluding hydrogens is 546 g/mol. The van der Waals surface area contributed by atoms with Crippen LogP contribution >= 0.6 is 15.9 Å². The van der Waals surface area contributed by atoms with E-state index in [4.69, 9.17) is 4.74 Å². The average molecular weight is 575 g/mol. The SMILES string of the molecule is CC(C)(C)OC(=O)N[C@@H](Cc1cc(F)cc(F)c1)[C@@H](O)CNC1CCS(=O)(=O)c2ccc(Br)cc21. The van der Waals surface area contributed by atoms with Crippen LogP contribution in [0.15, 0.2) is 45.8 Å². The van der Waals surface area contributed by atoms with Crippen molar-refractivity contribution in [3.8, 4) is 0 Å². The summed E-state index contributed by atoms with van der Waals surface area (Å²) < 4.78 is 58.3. The van der Waals surface area contributed by atoms with Crippen LogP contribution in [0.25, 0.3) is 0 Å². The summed E-state index contributed by atoms with van der Waals surface area (Å²) >= 11 is 3.36. The molecule has 1 heterocycles. The highest BCUT2D eigenvalue weighted by Gasteiger charge is 2.32. The quantitative estimate of drug-likeness (QED) is 0.461. The number of carbonyl (C=O) groups is 1. The van der Waals surface area contributed by atoms with Crippen LogP contribution in [0, 0.1) is 11.6 Å². The van der Waals surface area contributed by atoms with E-state index in [0.717, 1.165) is 22.7 Å². The van der Waals surface area contributed by atoms with Gasteiger partial charge in [-0.15, -0.1) is 0 Å². The second kappa shape index (κ2) is 10.9. The molecule has 1 aliphatic rings. The Labute approximate surface area is 212 Å². The summed E-state index contributed by atoms with van der Waals surface area (Å²) in [6, 6.07) is 6.64. The summed E-state index contributed by atoms with van der Waals surface area (Å²) in [7, 11) is -3.40. The minimum absolute atomic E-state index is 0.0189. The third kappa shape index (κ3) is 7.70. The molecule has 35 heavy (non-hydrogen) atoms. The van der Waals surface area contributed by atoms with Gasteiger partial charge in [-0.1, -0.05) is 15.9 Å². The fourth-order valence-corrected chi connectivity index (χ4v) is 5.94. The molecule has 1 amide bonds. The van der Waals surface area contributed by atoms with Gasteiger partial charge in [0.25, 0.3) is 0 Å². The zero-order valence-electron chi connectivity index (χ0n) is 19.6. The normalized spacial score (nSPS) is 18.9. The number of benzene rings is 2. The number of hydrogen-bond acceptors (Lipinski definition) is 6. The third-order valence-corrected chi connectivity index (χ3v) is 7.78. The summed E-state index contributed by atoms with van der Waals surface area (Å²) in [6.45, 7) is 5.05. The van der Waals surface area contributed by atoms with E-state index in [9.17, 15) is 27.1 Å². The molecule has 0 saturated carbocycles. The summed E-state index contributed by atoms with van der Waals surface area (Å²) in [5.74, 6) is -1.58. The van der Waals surface area contributed by atoms with Crippen LogP contribution in [0.3, 0.4) is 0 Å². The van der Waals surface area contributed by atoms with Crippen molar-refractivity contribution < 1.29 is 31.8 Å². The molecule has 0 aromatic heterocycles. The number of nitrogens with one attached hydrogen (secondary N) is 2. The molecule has 0 aliphatic carbocycles. The molecule has 0 fully saturated rings. The fraction of sp³-hybridized carbons (Fsp3) is 0.458. The number of aliphatic hydroxyl groups is 1. The highest BCUT2D eigenvalue weighted by molar-refractivity contribution is 9.10. The lowest BCUT2D eigenvalue weighted by Crippen LogP contribution is -2.50. The molecule has 3 rings (SSSR count). The number of fused-ring (bicyclic) bond motifs is 1.